The number of benzene rings is 2. The molecule has 4 unspecified atom stereocenters. The largest absolute Gasteiger partial charge is 0.493 e. The summed E-state index contributed by atoms with van der Waals surface area (Å²) in [7, 11) is 1.67. The van der Waals surface area contributed by atoms with Crippen LogP contribution in [-0.4, -0.2) is 43.4 Å². The maximum Gasteiger partial charge on any atom is 0.161 e. The lowest BCUT2D eigenvalue weighted by molar-refractivity contribution is -0.127. The van der Waals surface area contributed by atoms with Crippen LogP contribution in [0.1, 0.15) is 55.7 Å². The van der Waals surface area contributed by atoms with E-state index in [1.165, 1.54) is 11.1 Å². The maximum atomic E-state index is 13.2. The maximum absolute atomic E-state index is 13.2. The normalized spacial score (nSPS) is 29.7. The van der Waals surface area contributed by atoms with Gasteiger partial charge in [0, 0.05) is 36.7 Å². The molecule has 1 N–H and O–H groups in total. The molecule has 2 aromatic rings. The number of Topliss-reactive ketones (excluding diaryl/α,β-unsaturated/α-hetero) is 1. The number of ether oxygens (including phenoxy) is 3. The molecule has 2 aliphatic carbocycles. The van der Waals surface area contributed by atoms with Gasteiger partial charge in [0.05, 0.1) is 19.8 Å². The number of hydrogen-bond acceptors (Lipinski definition) is 5. The molecule has 3 aliphatic rings. The van der Waals surface area contributed by atoms with E-state index >= 15 is 0 Å². The molecule has 5 heteroatoms. The molecule has 0 amide bonds. The predicted molar refractivity (Wildman–Crippen MR) is 130 cm³/mol. The number of methoxy groups -OCH3 is 1. The first-order chi connectivity index (χ1) is 16.4. The van der Waals surface area contributed by atoms with Gasteiger partial charge in [-0.3, -0.25) is 4.79 Å². The summed E-state index contributed by atoms with van der Waals surface area (Å²) in [6.45, 7) is 5.19. The van der Waals surface area contributed by atoms with Crippen molar-refractivity contribution in [3.8, 4) is 11.5 Å². The van der Waals surface area contributed by atoms with E-state index in [9.17, 15) is 9.90 Å². The molecule has 0 aromatic heterocycles. The van der Waals surface area contributed by atoms with Crippen molar-refractivity contribution in [2.24, 2.45) is 17.3 Å². The Morgan fingerprint density at radius 2 is 1.85 bits per heavy atom. The van der Waals surface area contributed by atoms with Crippen molar-refractivity contribution in [3.63, 3.8) is 0 Å². The zero-order valence-electron chi connectivity index (χ0n) is 20.5. The first-order valence-electron chi connectivity index (χ1n) is 12.6. The summed E-state index contributed by atoms with van der Waals surface area (Å²) in [6.07, 6.45) is 3.59. The van der Waals surface area contributed by atoms with Crippen molar-refractivity contribution in [3.05, 3.63) is 59.2 Å². The molecule has 1 saturated heterocycles. The zero-order chi connectivity index (χ0) is 23.9. The van der Waals surface area contributed by atoms with Crippen LogP contribution in [0.3, 0.4) is 0 Å². The minimum Gasteiger partial charge on any atom is -0.493 e. The average Bonchev–Trinajstić information content (AvgIpc) is 3.57. The third-order valence-corrected chi connectivity index (χ3v) is 8.59. The van der Waals surface area contributed by atoms with Gasteiger partial charge in [-0.15, -0.1) is 0 Å². The Morgan fingerprint density at radius 3 is 2.47 bits per heavy atom. The van der Waals surface area contributed by atoms with E-state index < -0.39 is 6.10 Å². The highest BCUT2D eigenvalue weighted by molar-refractivity contribution is 5.84. The van der Waals surface area contributed by atoms with Crippen molar-refractivity contribution >= 4 is 5.78 Å². The van der Waals surface area contributed by atoms with Gasteiger partial charge in [0.1, 0.15) is 11.9 Å². The van der Waals surface area contributed by atoms with Gasteiger partial charge in [-0.25, -0.2) is 0 Å². The van der Waals surface area contributed by atoms with Crippen LogP contribution >= 0.6 is 0 Å². The molecule has 2 fully saturated rings. The average molecular weight is 465 g/mol. The molecule has 2 aromatic carbocycles. The molecule has 5 atom stereocenters. The second-order valence-electron chi connectivity index (χ2n) is 10.7. The fourth-order valence-electron chi connectivity index (χ4n) is 6.38. The third kappa shape index (κ3) is 4.25. The Kier molecular flexibility index (Phi) is 6.43. The molecule has 1 saturated carbocycles. The highest BCUT2D eigenvalue weighted by atomic mass is 16.5. The molecule has 5 nitrogen and oxygen atoms in total. The molecule has 1 aliphatic heterocycles. The number of carbonyl (C=O) groups is 1. The van der Waals surface area contributed by atoms with E-state index in [0.29, 0.717) is 31.2 Å². The van der Waals surface area contributed by atoms with Crippen molar-refractivity contribution in [2.75, 3.05) is 20.3 Å². The van der Waals surface area contributed by atoms with Crippen molar-refractivity contribution in [1.82, 2.24) is 0 Å². The third-order valence-electron chi connectivity index (χ3n) is 8.59. The molecule has 0 spiro atoms. The summed E-state index contributed by atoms with van der Waals surface area (Å²) in [6, 6.07) is 14.6. The second-order valence-corrected chi connectivity index (χ2v) is 10.7. The lowest BCUT2D eigenvalue weighted by atomic mass is 9.72. The van der Waals surface area contributed by atoms with Crippen LogP contribution in [0.15, 0.2) is 42.5 Å². The van der Waals surface area contributed by atoms with E-state index in [0.717, 1.165) is 37.0 Å². The standard InChI is InChI=1S/C29H36O5/c1-18(30)29(2)16-23(28(31)22-10-11-33-17-22)14-25(29)21-8-9-26(32-3)27(15-21)34-24-12-19-6-4-5-7-20(19)13-24/h4-9,15,18,22-25,30H,10-14,16-17H2,1-3H3/t18-,22?,23?,25?,29?/m1/s1. The summed E-state index contributed by atoms with van der Waals surface area (Å²) in [5, 5.41) is 10.8. The lowest BCUT2D eigenvalue weighted by Crippen LogP contribution is -2.33. The number of hydrogen-bond donors (Lipinski definition) is 1. The highest BCUT2D eigenvalue weighted by Gasteiger charge is 2.50. The Hall–Kier alpha value is -2.37. The summed E-state index contributed by atoms with van der Waals surface area (Å²) < 4.78 is 17.6. The predicted octanol–water partition coefficient (Wildman–Crippen LogP) is 4.73. The van der Waals surface area contributed by atoms with Gasteiger partial charge in [-0.1, -0.05) is 37.3 Å². The van der Waals surface area contributed by atoms with Crippen LogP contribution in [-0.2, 0) is 22.4 Å². The number of aliphatic hydroxyl groups excluding tert-OH is 1. The number of fused-ring (bicyclic) bond motifs is 1. The number of carbonyl (C=O) groups excluding carboxylic acids is 1. The zero-order valence-corrected chi connectivity index (χ0v) is 20.5. The smallest absolute Gasteiger partial charge is 0.161 e. The van der Waals surface area contributed by atoms with Crippen LogP contribution < -0.4 is 9.47 Å². The van der Waals surface area contributed by atoms with Gasteiger partial charge in [0.25, 0.3) is 0 Å². The summed E-state index contributed by atoms with van der Waals surface area (Å²) >= 11 is 0. The second kappa shape index (κ2) is 9.35. The van der Waals surface area contributed by atoms with E-state index in [1.54, 1.807) is 7.11 Å². The van der Waals surface area contributed by atoms with E-state index in [-0.39, 0.29) is 29.3 Å². The van der Waals surface area contributed by atoms with Crippen molar-refractivity contribution in [2.45, 2.75) is 64.1 Å². The van der Waals surface area contributed by atoms with E-state index in [4.69, 9.17) is 14.2 Å². The Morgan fingerprint density at radius 1 is 1.12 bits per heavy atom. The Labute approximate surface area is 202 Å². The number of aliphatic hydroxyl groups is 1. The van der Waals surface area contributed by atoms with E-state index in [2.05, 4.69) is 43.3 Å². The fourth-order valence-corrected chi connectivity index (χ4v) is 6.38. The molecular formula is C29H36O5. The van der Waals surface area contributed by atoms with Crippen LogP contribution in [0.2, 0.25) is 0 Å². The fraction of sp³-hybridized carbons (Fsp3) is 0.552. The van der Waals surface area contributed by atoms with Crippen LogP contribution in [0.25, 0.3) is 0 Å². The first kappa shape index (κ1) is 23.4. The minimum absolute atomic E-state index is 0.000703. The quantitative estimate of drug-likeness (QED) is 0.642. The molecule has 1 heterocycles. The minimum atomic E-state index is -0.522. The Balaban J connectivity index is 1.40. The van der Waals surface area contributed by atoms with Crippen molar-refractivity contribution in [1.29, 1.82) is 0 Å². The molecular weight excluding hydrogens is 428 g/mol. The molecule has 182 valence electrons. The highest BCUT2D eigenvalue weighted by Crippen LogP contribution is 2.55. The van der Waals surface area contributed by atoms with Crippen LogP contribution in [0.4, 0.5) is 0 Å². The Bertz CT molecular complexity index is 1020. The van der Waals surface area contributed by atoms with Gasteiger partial charge in [-0.2, -0.15) is 0 Å². The summed E-state index contributed by atoms with van der Waals surface area (Å²) in [5.41, 5.74) is 3.41. The van der Waals surface area contributed by atoms with Crippen LogP contribution in [0, 0.1) is 17.3 Å². The number of rotatable bonds is 7. The lowest BCUT2D eigenvalue weighted by Gasteiger charge is -2.35. The molecule has 34 heavy (non-hydrogen) atoms. The summed E-state index contributed by atoms with van der Waals surface area (Å²) in [5.74, 6) is 1.78. The molecule has 5 rings (SSSR count). The monoisotopic (exact) mass is 464 g/mol. The SMILES string of the molecule is COc1ccc(C2CC(C(=O)C3CCOC3)CC2(C)[C@@H](C)O)cc1OC1Cc2ccccc2C1. The first-order valence-corrected chi connectivity index (χ1v) is 12.6. The van der Waals surface area contributed by atoms with Gasteiger partial charge < -0.3 is 19.3 Å². The van der Waals surface area contributed by atoms with Crippen molar-refractivity contribution < 1.29 is 24.1 Å². The topological polar surface area (TPSA) is 65.0 Å². The van der Waals surface area contributed by atoms with Gasteiger partial charge in [-0.05, 0) is 60.9 Å². The molecule has 0 radical (unpaired) electrons. The van der Waals surface area contributed by atoms with Gasteiger partial charge >= 0.3 is 0 Å². The number of ketones is 1. The van der Waals surface area contributed by atoms with Crippen LogP contribution in [0.5, 0.6) is 11.5 Å². The molecule has 0 bridgehead atoms. The van der Waals surface area contributed by atoms with Gasteiger partial charge in [0.2, 0.25) is 0 Å². The van der Waals surface area contributed by atoms with E-state index in [1.807, 2.05) is 13.0 Å². The van der Waals surface area contributed by atoms with Gasteiger partial charge in [0.15, 0.2) is 11.5 Å². The summed E-state index contributed by atoms with van der Waals surface area (Å²) in [4.78, 5) is 13.2.